The van der Waals surface area contributed by atoms with E-state index in [0.29, 0.717) is 23.0 Å². The Hall–Kier alpha value is -2.44. The number of fused-ring (bicyclic) bond motifs is 1. The first kappa shape index (κ1) is 18.4. The van der Waals surface area contributed by atoms with E-state index in [1.54, 1.807) is 25.3 Å². The Balaban J connectivity index is 1.65. The Morgan fingerprint density at radius 2 is 2.04 bits per heavy atom. The number of hydrogen-bond donors (Lipinski definition) is 2. The molecule has 138 valence electrons. The van der Waals surface area contributed by atoms with Gasteiger partial charge in [-0.15, -0.1) is 0 Å². The molecule has 1 unspecified atom stereocenters. The molecule has 3 rings (SSSR count). The van der Waals surface area contributed by atoms with Crippen molar-refractivity contribution in [1.82, 2.24) is 0 Å². The van der Waals surface area contributed by atoms with Gasteiger partial charge in [-0.3, -0.25) is 4.79 Å². The van der Waals surface area contributed by atoms with Crippen LogP contribution in [0.2, 0.25) is 5.02 Å². The van der Waals surface area contributed by atoms with E-state index in [1.165, 1.54) is 0 Å². The summed E-state index contributed by atoms with van der Waals surface area (Å²) < 4.78 is 16.0. The van der Waals surface area contributed by atoms with E-state index in [0.717, 1.165) is 22.0 Å². The van der Waals surface area contributed by atoms with Crippen molar-refractivity contribution in [1.29, 1.82) is 0 Å². The summed E-state index contributed by atoms with van der Waals surface area (Å²) in [7, 11) is 3.53. The predicted molar refractivity (Wildman–Crippen MR) is 99.3 cm³/mol. The molecule has 0 aliphatic carbocycles. The third kappa shape index (κ3) is 4.03. The number of rotatable bonds is 6. The van der Waals surface area contributed by atoms with E-state index >= 15 is 0 Å². The molecule has 0 spiro atoms. The van der Waals surface area contributed by atoms with Gasteiger partial charge in [0.1, 0.15) is 12.3 Å². The van der Waals surface area contributed by atoms with E-state index < -0.39 is 0 Å². The van der Waals surface area contributed by atoms with E-state index in [-0.39, 0.29) is 18.7 Å². The van der Waals surface area contributed by atoms with Crippen LogP contribution in [0.1, 0.15) is 12.5 Å². The first-order valence-corrected chi connectivity index (χ1v) is 8.71. The van der Waals surface area contributed by atoms with Crippen molar-refractivity contribution < 1.29 is 23.9 Å². The summed E-state index contributed by atoms with van der Waals surface area (Å²) in [6.07, 6.45) is 0. The Bertz CT molecular complexity index is 812. The lowest BCUT2D eigenvalue weighted by atomic mass is 10.1. The molecule has 1 heterocycles. The van der Waals surface area contributed by atoms with Gasteiger partial charge in [0, 0.05) is 10.6 Å². The Morgan fingerprint density at radius 1 is 1.27 bits per heavy atom. The Morgan fingerprint density at radius 3 is 2.81 bits per heavy atom. The maximum absolute atomic E-state index is 12.6. The van der Waals surface area contributed by atoms with Crippen molar-refractivity contribution in [3.63, 3.8) is 0 Å². The van der Waals surface area contributed by atoms with E-state index in [4.69, 9.17) is 25.8 Å². The highest BCUT2D eigenvalue weighted by atomic mass is 35.5. The van der Waals surface area contributed by atoms with Gasteiger partial charge in [-0.2, -0.15) is 0 Å². The van der Waals surface area contributed by atoms with Crippen molar-refractivity contribution >= 4 is 23.2 Å². The molecule has 6 nitrogen and oxygen atoms in total. The lowest BCUT2D eigenvalue weighted by Gasteiger charge is -2.22. The second-order valence-electron chi connectivity index (χ2n) is 6.27. The monoisotopic (exact) mass is 377 g/mol. The highest BCUT2D eigenvalue weighted by molar-refractivity contribution is 6.31. The van der Waals surface area contributed by atoms with Crippen molar-refractivity contribution in [2.45, 2.75) is 19.5 Å². The standard InChI is InChI=1S/C19H21ClN2O4/c1-12(19(23)21-15-9-14(20)5-7-16(15)24-3)22(2)10-13-4-6-17-18(8-13)26-11-25-17/h4-9,12H,10-11H2,1-3H3,(H,21,23)/p+1/t12-/m0/s1. The summed E-state index contributed by atoms with van der Waals surface area (Å²) in [6, 6.07) is 10.7. The molecular weight excluding hydrogens is 356 g/mol. The largest absolute Gasteiger partial charge is 0.495 e. The van der Waals surface area contributed by atoms with Crippen LogP contribution in [0.25, 0.3) is 0 Å². The normalized spacial score (nSPS) is 14.6. The summed E-state index contributed by atoms with van der Waals surface area (Å²) in [6.45, 7) is 2.81. The third-order valence-electron chi connectivity index (χ3n) is 4.47. The average Bonchev–Trinajstić information content (AvgIpc) is 3.09. The lowest BCUT2D eigenvalue weighted by molar-refractivity contribution is -0.907. The number of quaternary nitrogens is 1. The lowest BCUT2D eigenvalue weighted by Crippen LogP contribution is -3.12. The van der Waals surface area contributed by atoms with Crippen LogP contribution in [0.5, 0.6) is 17.2 Å². The smallest absolute Gasteiger partial charge is 0.282 e. The number of carbonyl (C=O) groups excluding carboxylic acids is 1. The summed E-state index contributed by atoms with van der Waals surface area (Å²) in [4.78, 5) is 13.7. The van der Waals surface area contributed by atoms with Crippen molar-refractivity contribution in [3.05, 3.63) is 47.0 Å². The van der Waals surface area contributed by atoms with Gasteiger partial charge < -0.3 is 24.4 Å². The van der Waals surface area contributed by atoms with Crippen molar-refractivity contribution in [2.75, 3.05) is 26.3 Å². The number of methoxy groups -OCH3 is 1. The fraction of sp³-hybridized carbons (Fsp3) is 0.316. The fourth-order valence-corrected chi connectivity index (χ4v) is 2.94. The molecule has 2 atom stereocenters. The Kier molecular flexibility index (Phi) is 5.54. The summed E-state index contributed by atoms with van der Waals surface area (Å²) in [5.41, 5.74) is 1.64. The molecular formula is C19H22ClN2O4+. The minimum Gasteiger partial charge on any atom is -0.495 e. The van der Waals surface area contributed by atoms with Crippen LogP contribution in [0.4, 0.5) is 5.69 Å². The number of hydrogen-bond acceptors (Lipinski definition) is 4. The highest BCUT2D eigenvalue weighted by Gasteiger charge is 2.24. The van der Waals surface area contributed by atoms with Crippen LogP contribution in [-0.2, 0) is 11.3 Å². The van der Waals surface area contributed by atoms with Gasteiger partial charge in [-0.05, 0) is 43.3 Å². The molecule has 1 aliphatic rings. The number of halogens is 1. The number of carbonyl (C=O) groups is 1. The molecule has 0 bridgehead atoms. The van der Waals surface area contributed by atoms with Crippen LogP contribution in [0.3, 0.4) is 0 Å². The molecule has 0 radical (unpaired) electrons. The van der Waals surface area contributed by atoms with Crippen molar-refractivity contribution in [2.24, 2.45) is 0 Å². The quantitative estimate of drug-likeness (QED) is 0.809. The van der Waals surface area contributed by atoms with Crippen LogP contribution < -0.4 is 24.4 Å². The van der Waals surface area contributed by atoms with Gasteiger partial charge in [0.15, 0.2) is 17.5 Å². The van der Waals surface area contributed by atoms with Crippen LogP contribution >= 0.6 is 11.6 Å². The minimum atomic E-state index is -0.274. The molecule has 26 heavy (non-hydrogen) atoms. The second-order valence-corrected chi connectivity index (χ2v) is 6.70. The molecule has 2 N–H and O–H groups in total. The SMILES string of the molecule is COc1ccc(Cl)cc1NC(=O)[C@H](C)[NH+](C)Cc1ccc2c(c1)OCO2. The number of ether oxygens (including phenoxy) is 3. The first-order valence-electron chi connectivity index (χ1n) is 8.33. The van der Waals surface area contributed by atoms with Crippen LogP contribution in [0, 0.1) is 0 Å². The molecule has 0 saturated heterocycles. The molecule has 0 aromatic heterocycles. The molecule has 2 aromatic rings. The summed E-state index contributed by atoms with van der Waals surface area (Å²) in [5.74, 6) is 1.97. The van der Waals surface area contributed by atoms with Crippen molar-refractivity contribution in [3.8, 4) is 17.2 Å². The van der Waals surface area contributed by atoms with Crippen LogP contribution in [0.15, 0.2) is 36.4 Å². The average molecular weight is 378 g/mol. The second kappa shape index (κ2) is 7.85. The van der Waals surface area contributed by atoms with E-state index in [2.05, 4.69) is 5.32 Å². The zero-order chi connectivity index (χ0) is 18.7. The number of benzene rings is 2. The van der Waals surface area contributed by atoms with Gasteiger partial charge in [0.2, 0.25) is 6.79 Å². The van der Waals surface area contributed by atoms with E-state index in [1.807, 2.05) is 32.2 Å². The molecule has 0 fully saturated rings. The van der Waals surface area contributed by atoms with Gasteiger partial charge in [-0.25, -0.2) is 0 Å². The predicted octanol–water partition coefficient (Wildman–Crippen LogP) is 2.12. The van der Waals surface area contributed by atoms with Gasteiger partial charge in [-0.1, -0.05) is 11.6 Å². The van der Waals surface area contributed by atoms with Gasteiger partial charge >= 0.3 is 0 Å². The molecule has 1 amide bonds. The zero-order valence-electron chi connectivity index (χ0n) is 15.0. The number of nitrogens with one attached hydrogen (secondary N) is 2. The number of likely N-dealkylation sites (N-methyl/N-ethyl adjacent to an activating group) is 1. The maximum atomic E-state index is 12.6. The summed E-state index contributed by atoms with van der Waals surface area (Å²) >= 11 is 6.02. The fourth-order valence-electron chi connectivity index (χ4n) is 2.77. The number of anilines is 1. The highest BCUT2D eigenvalue weighted by Crippen LogP contribution is 2.32. The number of amides is 1. The third-order valence-corrected chi connectivity index (χ3v) is 4.71. The molecule has 1 aliphatic heterocycles. The van der Waals surface area contributed by atoms with Gasteiger partial charge in [0.05, 0.1) is 19.8 Å². The maximum Gasteiger partial charge on any atom is 0.282 e. The minimum absolute atomic E-state index is 0.108. The topological polar surface area (TPSA) is 61.2 Å². The van der Waals surface area contributed by atoms with Gasteiger partial charge in [0.25, 0.3) is 5.91 Å². The molecule has 0 saturated carbocycles. The molecule has 7 heteroatoms. The van der Waals surface area contributed by atoms with E-state index in [9.17, 15) is 4.79 Å². The molecule has 2 aromatic carbocycles. The summed E-state index contributed by atoms with van der Waals surface area (Å²) in [5, 5.41) is 3.43. The Labute approximate surface area is 157 Å². The zero-order valence-corrected chi connectivity index (χ0v) is 15.7. The first-order chi connectivity index (χ1) is 12.5. The van der Waals surface area contributed by atoms with Crippen LogP contribution in [-0.4, -0.2) is 32.9 Å².